The average molecular weight is 396 g/mol. The van der Waals surface area contributed by atoms with Gasteiger partial charge in [-0.15, -0.1) is 0 Å². The fourth-order valence-corrected chi connectivity index (χ4v) is 2.65. The molecule has 9 nitrogen and oxygen atoms in total. The molecule has 2 aromatic rings. The topological polar surface area (TPSA) is 117 Å². The van der Waals surface area contributed by atoms with Gasteiger partial charge < -0.3 is 14.2 Å². The standard InChI is InChI=1S/C20H16N2O7/c1-11-4-6-14(10-16(11)22(25)26)19-21-15(20(24)29-19)8-13-5-7-17(27-3)18(9-13)28-12(2)23/h4-10H,1-3H3/b15-8-. The van der Waals surface area contributed by atoms with Crippen LogP contribution in [-0.2, 0) is 14.3 Å². The van der Waals surface area contributed by atoms with Gasteiger partial charge in [0.15, 0.2) is 17.2 Å². The summed E-state index contributed by atoms with van der Waals surface area (Å²) >= 11 is 0. The fraction of sp³-hybridized carbons (Fsp3) is 0.150. The Kier molecular flexibility index (Phi) is 5.40. The Bertz CT molecular complexity index is 1090. The van der Waals surface area contributed by atoms with E-state index in [9.17, 15) is 19.7 Å². The van der Waals surface area contributed by atoms with Crippen LogP contribution in [0.15, 0.2) is 47.1 Å². The van der Waals surface area contributed by atoms with Gasteiger partial charge in [-0.2, -0.15) is 0 Å². The predicted octanol–water partition coefficient (Wildman–Crippen LogP) is 3.18. The van der Waals surface area contributed by atoms with Crippen LogP contribution in [-0.4, -0.2) is 29.9 Å². The third-order valence-corrected chi connectivity index (χ3v) is 4.02. The number of rotatable bonds is 5. The summed E-state index contributed by atoms with van der Waals surface area (Å²) in [6.07, 6.45) is 1.45. The maximum Gasteiger partial charge on any atom is 0.363 e. The summed E-state index contributed by atoms with van der Waals surface area (Å²) in [7, 11) is 1.44. The van der Waals surface area contributed by atoms with Gasteiger partial charge in [-0.1, -0.05) is 12.1 Å². The van der Waals surface area contributed by atoms with Crippen molar-refractivity contribution in [3.8, 4) is 11.5 Å². The molecule has 0 spiro atoms. The van der Waals surface area contributed by atoms with Crippen molar-refractivity contribution in [2.45, 2.75) is 13.8 Å². The summed E-state index contributed by atoms with van der Waals surface area (Å²) < 4.78 is 15.4. The van der Waals surface area contributed by atoms with Gasteiger partial charge in [0, 0.05) is 24.1 Å². The van der Waals surface area contributed by atoms with Crippen LogP contribution in [0.3, 0.4) is 0 Å². The summed E-state index contributed by atoms with van der Waals surface area (Å²) in [4.78, 5) is 38.2. The lowest BCUT2D eigenvalue weighted by Gasteiger charge is -2.08. The number of aliphatic imine (C=N–C) groups is 1. The van der Waals surface area contributed by atoms with Crippen LogP contribution in [0.4, 0.5) is 5.69 Å². The quantitative estimate of drug-likeness (QED) is 0.250. The molecule has 0 unspecified atom stereocenters. The number of ether oxygens (including phenoxy) is 3. The minimum Gasteiger partial charge on any atom is -0.493 e. The van der Waals surface area contributed by atoms with E-state index < -0.39 is 16.9 Å². The van der Waals surface area contributed by atoms with Gasteiger partial charge in [0.1, 0.15) is 0 Å². The Balaban J connectivity index is 1.96. The van der Waals surface area contributed by atoms with E-state index in [2.05, 4.69) is 4.99 Å². The van der Waals surface area contributed by atoms with E-state index in [0.29, 0.717) is 22.4 Å². The Morgan fingerprint density at radius 3 is 2.62 bits per heavy atom. The van der Waals surface area contributed by atoms with Gasteiger partial charge in [0.25, 0.3) is 5.69 Å². The third-order valence-electron chi connectivity index (χ3n) is 4.02. The van der Waals surface area contributed by atoms with Gasteiger partial charge in [0.05, 0.1) is 12.0 Å². The van der Waals surface area contributed by atoms with Crippen LogP contribution in [0.1, 0.15) is 23.6 Å². The monoisotopic (exact) mass is 396 g/mol. The first-order chi connectivity index (χ1) is 13.8. The van der Waals surface area contributed by atoms with Gasteiger partial charge in [-0.3, -0.25) is 14.9 Å². The molecule has 0 radical (unpaired) electrons. The second-order valence-electron chi connectivity index (χ2n) is 6.10. The van der Waals surface area contributed by atoms with E-state index in [0.717, 1.165) is 0 Å². The number of nitrogens with zero attached hydrogens (tertiary/aromatic N) is 2. The molecule has 0 fully saturated rings. The number of benzene rings is 2. The Labute approximate surface area is 165 Å². The summed E-state index contributed by atoms with van der Waals surface area (Å²) in [6.45, 7) is 2.87. The average Bonchev–Trinajstić information content (AvgIpc) is 3.02. The van der Waals surface area contributed by atoms with Crippen molar-refractivity contribution >= 4 is 29.6 Å². The molecular formula is C20H16N2O7. The first-order valence-electron chi connectivity index (χ1n) is 8.43. The molecule has 0 aromatic heterocycles. The van der Waals surface area contributed by atoms with Crippen LogP contribution >= 0.6 is 0 Å². The number of hydrogen-bond donors (Lipinski definition) is 0. The van der Waals surface area contributed by atoms with E-state index in [1.807, 2.05) is 0 Å². The van der Waals surface area contributed by atoms with Gasteiger partial charge in [-0.25, -0.2) is 9.79 Å². The van der Waals surface area contributed by atoms with Crippen molar-refractivity contribution in [3.05, 3.63) is 68.9 Å². The largest absolute Gasteiger partial charge is 0.493 e. The molecule has 3 rings (SSSR count). The Morgan fingerprint density at radius 2 is 1.97 bits per heavy atom. The summed E-state index contributed by atoms with van der Waals surface area (Å²) in [6, 6.07) is 9.19. The second-order valence-corrected chi connectivity index (χ2v) is 6.10. The predicted molar refractivity (Wildman–Crippen MR) is 103 cm³/mol. The molecule has 0 N–H and O–H groups in total. The van der Waals surface area contributed by atoms with Crippen molar-refractivity contribution in [1.29, 1.82) is 0 Å². The first kappa shape index (κ1) is 19.7. The van der Waals surface area contributed by atoms with Gasteiger partial charge in [-0.05, 0) is 36.8 Å². The van der Waals surface area contributed by atoms with Crippen molar-refractivity contribution in [3.63, 3.8) is 0 Å². The maximum atomic E-state index is 12.2. The zero-order chi connectivity index (χ0) is 21.1. The van der Waals surface area contributed by atoms with Crippen LogP contribution in [0.25, 0.3) is 6.08 Å². The highest BCUT2D eigenvalue weighted by atomic mass is 16.6. The number of hydrogen-bond acceptors (Lipinski definition) is 8. The number of carbonyl (C=O) groups excluding carboxylic acids is 2. The number of esters is 2. The zero-order valence-corrected chi connectivity index (χ0v) is 15.8. The molecule has 0 saturated heterocycles. The van der Waals surface area contributed by atoms with E-state index in [-0.39, 0.29) is 23.0 Å². The Hall–Kier alpha value is -4.01. The van der Waals surface area contributed by atoms with E-state index in [1.54, 1.807) is 31.2 Å². The molecule has 1 heterocycles. The van der Waals surface area contributed by atoms with Crippen LogP contribution < -0.4 is 9.47 Å². The highest BCUT2D eigenvalue weighted by molar-refractivity contribution is 6.13. The number of nitro benzene ring substituents is 1. The number of nitro groups is 1. The van der Waals surface area contributed by atoms with Crippen LogP contribution in [0.2, 0.25) is 0 Å². The molecule has 1 aliphatic rings. The van der Waals surface area contributed by atoms with E-state index in [4.69, 9.17) is 14.2 Å². The molecule has 0 bridgehead atoms. The molecule has 2 aromatic carbocycles. The lowest BCUT2D eigenvalue weighted by atomic mass is 10.1. The molecule has 0 atom stereocenters. The molecule has 0 amide bonds. The molecule has 148 valence electrons. The normalized spacial score (nSPS) is 14.4. The molecular weight excluding hydrogens is 380 g/mol. The van der Waals surface area contributed by atoms with Crippen LogP contribution in [0.5, 0.6) is 11.5 Å². The first-order valence-corrected chi connectivity index (χ1v) is 8.43. The van der Waals surface area contributed by atoms with Gasteiger partial charge >= 0.3 is 11.9 Å². The highest BCUT2D eigenvalue weighted by Crippen LogP contribution is 2.30. The second kappa shape index (κ2) is 7.93. The number of cyclic esters (lactones) is 1. The highest BCUT2D eigenvalue weighted by Gasteiger charge is 2.26. The molecule has 9 heteroatoms. The maximum absolute atomic E-state index is 12.2. The minimum absolute atomic E-state index is 0.00201. The fourth-order valence-electron chi connectivity index (χ4n) is 2.65. The third kappa shape index (κ3) is 4.29. The van der Waals surface area contributed by atoms with E-state index in [1.165, 1.54) is 32.2 Å². The molecule has 1 aliphatic heterocycles. The summed E-state index contributed by atoms with van der Waals surface area (Å²) in [5.41, 5.74) is 1.22. The van der Waals surface area contributed by atoms with Gasteiger partial charge in [0.2, 0.25) is 5.90 Å². The zero-order valence-electron chi connectivity index (χ0n) is 15.8. The molecule has 29 heavy (non-hydrogen) atoms. The minimum atomic E-state index is -0.701. The lowest BCUT2D eigenvalue weighted by molar-refractivity contribution is -0.385. The van der Waals surface area contributed by atoms with Crippen molar-refractivity contribution in [2.24, 2.45) is 4.99 Å². The number of carbonyl (C=O) groups is 2. The van der Waals surface area contributed by atoms with Crippen molar-refractivity contribution < 1.29 is 28.7 Å². The summed E-state index contributed by atoms with van der Waals surface area (Å²) in [5.74, 6) is -0.701. The molecule has 0 aliphatic carbocycles. The van der Waals surface area contributed by atoms with Crippen molar-refractivity contribution in [2.75, 3.05) is 7.11 Å². The lowest BCUT2D eigenvalue weighted by Crippen LogP contribution is -2.06. The number of methoxy groups -OCH3 is 1. The SMILES string of the molecule is COc1ccc(/C=C2\N=C(c3ccc(C)c([N+](=O)[O-])c3)OC2=O)cc1OC(C)=O. The Morgan fingerprint density at radius 1 is 1.21 bits per heavy atom. The van der Waals surface area contributed by atoms with E-state index >= 15 is 0 Å². The smallest absolute Gasteiger partial charge is 0.363 e. The number of aryl methyl sites for hydroxylation is 1. The van der Waals surface area contributed by atoms with Crippen LogP contribution in [0, 0.1) is 17.0 Å². The summed E-state index contributed by atoms with van der Waals surface area (Å²) in [5, 5.41) is 11.1. The molecule has 0 saturated carbocycles. The van der Waals surface area contributed by atoms with Crippen molar-refractivity contribution in [1.82, 2.24) is 0 Å².